The fourth-order valence-electron chi connectivity index (χ4n) is 4.24. The van der Waals surface area contributed by atoms with Gasteiger partial charge in [0, 0.05) is 25.1 Å². The maximum atomic E-state index is 12.3. The molecule has 1 atom stereocenters. The SMILES string of the molecule is COc1cc2c(cc1NC(C)=O)NC(=O)CC2C1CCN(C(C)C)CC1. The number of ether oxygens (including phenoxy) is 1. The zero-order chi connectivity index (χ0) is 18.8. The Morgan fingerprint density at radius 3 is 2.58 bits per heavy atom. The van der Waals surface area contributed by atoms with Gasteiger partial charge in [-0.3, -0.25) is 9.59 Å². The summed E-state index contributed by atoms with van der Waals surface area (Å²) in [7, 11) is 1.60. The monoisotopic (exact) mass is 359 g/mol. The molecule has 1 unspecified atom stereocenters. The summed E-state index contributed by atoms with van der Waals surface area (Å²) in [6.07, 6.45) is 2.72. The first-order valence-electron chi connectivity index (χ1n) is 9.42. The third-order valence-electron chi connectivity index (χ3n) is 5.63. The molecule has 0 saturated carbocycles. The van der Waals surface area contributed by atoms with Crippen LogP contribution in [-0.2, 0) is 9.59 Å². The first-order chi connectivity index (χ1) is 12.4. The zero-order valence-electron chi connectivity index (χ0n) is 16.1. The maximum absolute atomic E-state index is 12.3. The maximum Gasteiger partial charge on any atom is 0.225 e. The van der Waals surface area contributed by atoms with Gasteiger partial charge >= 0.3 is 0 Å². The van der Waals surface area contributed by atoms with Gasteiger partial charge < -0.3 is 20.3 Å². The van der Waals surface area contributed by atoms with Crippen LogP contribution in [0.4, 0.5) is 11.4 Å². The quantitative estimate of drug-likeness (QED) is 0.866. The van der Waals surface area contributed by atoms with E-state index in [9.17, 15) is 9.59 Å². The number of hydrogen-bond donors (Lipinski definition) is 2. The number of methoxy groups -OCH3 is 1. The number of carbonyl (C=O) groups excluding carboxylic acids is 2. The standard InChI is InChI=1S/C20H29N3O3/c1-12(2)23-7-5-14(6-8-23)15-10-20(25)22-17-11-18(21-13(3)24)19(26-4)9-16(15)17/h9,11-12,14-15H,5-8,10H2,1-4H3,(H,21,24)(H,22,25). The lowest BCUT2D eigenvalue weighted by Gasteiger charge is -2.39. The summed E-state index contributed by atoms with van der Waals surface area (Å²) >= 11 is 0. The van der Waals surface area contributed by atoms with Crippen LogP contribution >= 0.6 is 0 Å². The van der Waals surface area contributed by atoms with Crippen LogP contribution in [0.25, 0.3) is 0 Å². The molecule has 2 N–H and O–H groups in total. The van der Waals surface area contributed by atoms with E-state index < -0.39 is 0 Å². The Bertz CT molecular complexity index is 694. The van der Waals surface area contributed by atoms with E-state index in [0.29, 0.717) is 29.8 Å². The van der Waals surface area contributed by atoms with Crippen molar-refractivity contribution in [3.05, 3.63) is 17.7 Å². The third-order valence-corrected chi connectivity index (χ3v) is 5.63. The minimum atomic E-state index is -0.164. The number of fused-ring (bicyclic) bond motifs is 1. The van der Waals surface area contributed by atoms with E-state index in [1.54, 1.807) is 7.11 Å². The second-order valence-electron chi connectivity index (χ2n) is 7.65. The van der Waals surface area contributed by atoms with Gasteiger partial charge in [0.15, 0.2) is 0 Å². The van der Waals surface area contributed by atoms with Crippen LogP contribution in [0, 0.1) is 5.92 Å². The largest absolute Gasteiger partial charge is 0.495 e. The van der Waals surface area contributed by atoms with E-state index >= 15 is 0 Å². The number of nitrogens with zero attached hydrogens (tertiary/aromatic N) is 1. The first kappa shape index (κ1) is 18.7. The lowest BCUT2D eigenvalue weighted by atomic mass is 9.75. The van der Waals surface area contributed by atoms with Crippen molar-refractivity contribution in [2.75, 3.05) is 30.8 Å². The van der Waals surface area contributed by atoms with Crippen LogP contribution in [0.3, 0.4) is 0 Å². The van der Waals surface area contributed by atoms with Crippen LogP contribution in [0.1, 0.15) is 51.5 Å². The van der Waals surface area contributed by atoms with Gasteiger partial charge in [-0.25, -0.2) is 0 Å². The van der Waals surface area contributed by atoms with Gasteiger partial charge in [-0.1, -0.05) is 0 Å². The molecule has 1 fully saturated rings. The van der Waals surface area contributed by atoms with Gasteiger partial charge in [0.05, 0.1) is 12.8 Å². The summed E-state index contributed by atoms with van der Waals surface area (Å²) in [6.45, 7) is 8.09. The lowest BCUT2D eigenvalue weighted by molar-refractivity contribution is -0.117. The molecule has 3 rings (SSSR count). The Hall–Kier alpha value is -2.08. The molecule has 6 heteroatoms. The van der Waals surface area contributed by atoms with Crippen molar-refractivity contribution >= 4 is 23.2 Å². The molecule has 0 spiro atoms. The summed E-state index contributed by atoms with van der Waals surface area (Å²) in [4.78, 5) is 26.3. The molecule has 0 aromatic heterocycles. The van der Waals surface area contributed by atoms with Crippen molar-refractivity contribution in [3.8, 4) is 5.75 Å². The third kappa shape index (κ3) is 3.85. The van der Waals surface area contributed by atoms with Crippen molar-refractivity contribution in [1.29, 1.82) is 0 Å². The van der Waals surface area contributed by atoms with Crippen molar-refractivity contribution < 1.29 is 14.3 Å². The van der Waals surface area contributed by atoms with Crippen LogP contribution in [-0.4, -0.2) is 43.0 Å². The predicted octanol–water partition coefficient (Wildman–Crippen LogP) is 3.20. The summed E-state index contributed by atoms with van der Waals surface area (Å²) in [5.41, 5.74) is 2.51. The molecule has 2 aliphatic rings. The number of amides is 2. The highest BCUT2D eigenvalue weighted by molar-refractivity contribution is 5.98. The highest BCUT2D eigenvalue weighted by Gasteiger charge is 2.35. The molecular weight excluding hydrogens is 330 g/mol. The molecule has 2 heterocycles. The summed E-state index contributed by atoms with van der Waals surface area (Å²) in [5, 5.41) is 5.74. The van der Waals surface area contributed by atoms with Crippen LogP contribution in [0.5, 0.6) is 5.75 Å². The minimum absolute atomic E-state index is 0.0488. The molecule has 1 saturated heterocycles. The number of carbonyl (C=O) groups is 2. The number of piperidine rings is 1. The Morgan fingerprint density at radius 2 is 2.00 bits per heavy atom. The number of rotatable bonds is 4. The number of benzene rings is 1. The van der Waals surface area contributed by atoms with E-state index in [1.165, 1.54) is 6.92 Å². The molecule has 1 aromatic carbocycles. The highest BCUT2D eigenvalue weighted by Crippen LogP contribution is 2.45. The molecule has 0 aliphatic carbocycles. The van der Waals surface area contributed by atoms with Gasteiger partial charge in [-0.15, -0.1) is 0 Å². The van der Waals surface area contributed by atoms with Crippen LogP contribution < -0.4 is 15.4 Å². The summed E-state index contributed by atoms with van der Waals surface area (Å²) < 4.78 is 5.49. The Kier molecular flexibility index (Phi) is 5.51. The Balaban J connectivity index is 1.88. The molecule has 142 valence electrons. The van der Waals surface area contributed by atoms with Crippen LogP contribution in [0.2, 0.25) is 0 Å². The van der Waals surface area contributed by atoms with Crippen molar-refractivity contribution in [1.82, 2.24) is 4.90 Å². The van der Waals surface area contributed by atoms with Gasteiger partial charge in [0.25, 0.3) is 0 Å². The average molecular weight is 359 g/mol. The fourth-order valence-corrected chi connectivity index (χ4v) is 4.24. The van der Waals surface area contributed by atoms with E-state index in [4.69, 9.17) is 4.74 Å². The van der Waals surface area contributed by atoms with Gasteiger partial charge in [-0.05, 0) is 69.3 Å². The van der Waals surface area contributed by atoms with E-state index in [-0.39, 0.29) is 17.7 Å². The van der Waals surface area contributed by atoms with Gasteiger partial charge in [0.1, 0.15) is 5.75 Å². The number of hydrogen-bond acceptors (Lipinski definition) is 4. The van der Waals surface area contributed by atoms with Crippen molar-refractivity contribution in [2.45, 2.75) is 52.0 Å². The molecule has 2 amide bonds. The highest BCUT2D eigenvalue weighted by atomic mass is 16.5. The number of nitrogens with one attached hydrogen (secondary N) is 2. The number of likely N-dealkylation sites (tertiary alicyclic amines) is 1. The zero-order valence-corrected chi connectivity index (χ0v) is 16.1. The summed E-state index contributed by atoms with van der Waals surface area (Å²) in [6, 6.07) is 4.38. The average Bonchev–Trinajstić information content (AvgIpc) is 2.60. The minimum Gasteiger partial charge on any atom is -0.495 e. The Morgan fingerprint density at radius 1 is 1.31 bits per heavy atom. The second-order valence-corrected chi connectivity index (χ2v) is 7.65. The van der Waals surface area contributed by atoms with Gasteiger partial charge in [0.2, 0.25) is 11.8 Å². The fraction of sp³-hybridized carbons (Fsp3) is 0.600. The topological polar surface area (TPSA) is 70.7 Å². The molecule has 0 radical (unpaired) electrons. The molecule has 2 aliphatic heterocycles. The number of anilines is 2. The molecule has 0 bridgehead atoms. The van der Waals surface area contributed by atoms with E-state index in [2.05, 4.69) is 29.4 Å². The smallest absolute Gasteiger partial charge is 0.225 e. The van der Waals surface area contributed by atoms with Crippen LogP contribution in [0.15, 0.2) is 12.1 Å². The predicted molar refractivity (Wildman–Crippen MR) is 103 cm³/mol. The molecule has 26 heavy (non-hydrogen) atoms. The Labute approximate surface area is 155 Å². The van der Waals surface area contributed by atoms with E-state index in [1.807, 2.05) is 12.1 Å². The molecular formula is C20H29N3O3. The van der Waals surface area contributed by atoms with Crippen molar-refractivity contribution in [3.63, 3.8) is 0 Å². The van der Waals surface area contributed by atoms with Gasteiger partial charge in [-0.2, -0.15) is 0 Å². The summed E-state index contributed by atoms with van der Waals surface area (Å²) in [5.74, 6) is 1.22. The lowest BCUT2D eigenvalue weighted by Crippen LogP contribution is -2.40. The molecule has 6 nitrogen and oxygen atoms in total. The van der Waals surface area contributed by atoms with E-state index in [0.717, 1.165) is 37.2 Å². The first-order valence-corrected chi connectivity index (χ1v) is 9.42. The van der Waals surface area contributed by atoms with Crippen molar-refractivity contribution in [2.24, 2.45) is 5.92 Å². The molecule has 1 aromatic rings. The normalized spacial score (nSPS) is 21.3. The second kappa shape index (κ2) is 7.66.